The second-order valence-corrected chi connectivity index (χ2v) is 7.97. The van der Waals surface area contributed by atoms with E-state index in [1.165, 1.54) is 19.1 Å². The maximum absolute atomic E-state index is 14.1. The summed E-state index contributed by atoms with van der Waals surface area (Å²) in [5, 5.41) is 16.8. The molecule has 0 saturated carbocycles. The van der Waals surface area contributed by atoms with Crippen molar-refractivity contribution in [3.05, 3.63) is 84.1 Å². The second-order valence-electron chi connectivity index (χ2n) is 7.97. The number of anilines is 1. The molecule has 0 aliphatic rings. The van der Waals surface area contributed by atoms with Gasteiger partial charge in [-0.05, 0) is 31.2 Å². The van der Waals surface area contributed by atoms with Gasteiger partial charge < -0.3 is 21.1 Å². The summed E-state index contributed by atoms with van der Waals surface area (Å²) < 4.78 is 70.8. The van der Waals surface area contributed by atoms with Gasteiger partial charge in [-0.15, -0.1) is 0 Å². The molecule has 0 spiro atoms. The van der Waals surface area contributed by atoms with Crippen LogP contribution in [-0.2, 0) is 0 Å². The van der Waals surface area contributed by atoms with Crippen LogP contribution in [0.3, 0.4) is 0 Å². The molecule has 0 aliphatic carbocycles. The molecular weight excluding hydrogens is 485 g/mol. The third-order valence-electron chi connectivity index (χ3n) is 5.54. The molecule has 0 saturated heterocycles. The Morgan fingerprint density at radius 1 is 1.14 bits per heavy atom. The summed E-state index contributed by atoms with van der Waals surface area (Å²) in [6, 6.07) is 10.8. The number of likely N-dealkylation sites (N-methyl/N-ethyl adjacent to an activating group) is 1. The van der Waals surface area contributed by atoms with Crippen LogP contribution in [0.1, 0.15) is 22.8 Å². The second kappa shape index (κ2) is 10.4. The maximum atomic E-state index is 14.1. The smallest absolute Gasteiger partial charge is 0.383 e. The number of carbonyl (C=O) groups is 1. The molecule has 3 rings (SSSR count). The first-order chi connectivity index (χ1) is 16.9. The first-order valence-electron chi connectivity index (χ1n) is 10.7. The minimum absolute atomic E-state index is 0.0325. The topological polar surface area (TPSA) is 96.4 Å². The molecule has 2 aromatic carbocycles. The minimum atomic E-state index is -5.13. The van der Waals surface area contributed by atoms with Crippen LogP contribution >= 0.6 is 0 Å². The van der Waals surface area contributed by atoms with Crippen LogP contribution in [0.4, 0.5) is 27.8 Å². The van der Waals surface area contributed by atoms with Gasteiger partial charge in [0, 0.05) is 17.8 Å². The number of amides is 1. The van der Waals surface area contributed by atoms with Gasteiger partial charge in [0.15, 0.2) is 17.2 Å². The van der Waals surface area contributed by atoms with E-state index < -0.39 is 48.1 Å². The highest BCUT2D eigenvalue weighted by Gasteiger charge is 2.55. The molecule has 0 aliphatic heterocycles. The lowest BCUT2D eigenvalue weighted by Gasteiger charge is -2.36. The molecule has 0 bridgehead atoms. The Morgan fingerprint density at radius 2 is 1.75 bits per heavy atom. The molecule has 7 nitrogen and oxygen atoms in total. The van der Waals surface area contributed by atoms with Gasteiger partial charge in [-0.25, -0.2) is 13.5 Å². The van der Waals surface area contributed by atoms with Crippen LogP contribution < -0.4 is 11.1 Å². The predicted octanol–water partition coefficient (Wildman–Crippen LogP) is 3.75. The molecule has 1 amide bonds. The number of hydrogen-bond acceptors (Lipinski definition) is 5. The Kier molecular flexibility index (Phi) is 7.68. The number of aliphatic hydroxyl groups is 1. The van der Waals surface area contributed by atoms with E-state index in [0.717, 1.165) is 34.0 Å². The van der Waals surface area contributed by atoms with Gasteiger partial charge >= 0.3 is 6.18 Å². The standard InChI is InChI=1S/C24H24F5N5O2/c1-3-33(22(35)16-8-5-4-6-9-16)14-23(36,24(27,28)29)13-31-15(2)17-12-32-34(21(17)30)20-18(25)10-7-11-19(20)26/h4-12,31,36H,2-3,13-14,30H2,1H3. The summed E-state index contributed by atoms with van der Waals surface area (Å²) in [6.45, 7) is 2.85. The molecule has 1 unspecified atom stereocenters. The number of para-hydroxylation sites is 1. The lowest BCUT2D eigenvalue weighted by molar-refractivity contribution is -0.259. The van der Waals surface area contributed by atoms with Crippen molar-refractivity contribution in [3.63, 3.8) is 0 Å². The first-order valence-corrected chi connectivity index (χ1v) is 10.7. The van der Waals surface area contributed by atoms with Crippen molar-refractivity contribution in [2.75, 3.05) is 25.4 Å². The highest BCUT2D eigenvalue weighted by atomic mass is 19.4. The average molecular weight is 509 g/mol. The van der Waals surface area contributed by atoms with Crippen molar-refractivity contribution in [2.24, 2.45) is 0 Å². The zero-order valence-corrected chi connectivity index (χ0v) is 19.2. The first kappa shape index (κ1) is 26.7. The molecule has 3 aromatic rings. The number of nitrogens with one attached hydrogen (secondary N) is 1. The van der Waals surface area contributed by atoms with E-state index in [1.54, 1.807) is 18.2 Å². The Hall–Kier alpha value is -3.93. The normalized spacial score (nSPS) is 13.2. The van der Waals surface area contributed by atoms with Gasteiger partial charge in [0.2, 0.25) is 0 Å². The van der Waals surface area contributed by atoms with Gasteiger partial charge in [0.25, 0.3) is 5.91 Å². The summed E-state index contributed by atoms with van der Waals surface area (Å²) in [4.78, 5) is 13.6. The average Bonchev–Trinajstić information content (AvgIpc) is 3.21. The molecular formula is C24H24F5N5O2. The zero-order chi connectivity index (χ0) is 26.7. The summed E-state index contributed by atoms with van der Waals surface area (Å²) in [5.74, 6) is -2.88. The van der Waals surface area contributed by atoms with Crippen LogP contribution in [0.2, 0.25) is 0 Å². The summed E-state index contributed by atoms with van der Waals surface area (Å²) in [7, 11) is 0. The fraction of sp³-hybridized carbons (Fsp3) is 0.250. The fourth-order valence-electron chi connectivity index (χ4n) is 3.46. The number of nitrogens with zero attached hydrogens (tertiary/aromatic N) is 3. The lowest BCUT2D eigenvalue weighted by atomic mass is 10.0. The van der Waals surface area contributed by atoms with E-state index in [0.29, 0.717) is 0 Å². The van der Waals surface area contributed by atoms with Gasteiger partial charge in [-0.1, -0.05) is 30.8 Å². The lowest BCUT2D eigenvalue weighted by Crippen LogP contribution is -2.59. The highest BCUT2D eigenvalue weighted by molar-refractivity contribution is 5.94. The Balaban J connectivity index is 1.81. The molecule has 0 fully saturated rings. The highest BCUT2D eigenvalue weighted by Crippen LogP contribution is 2.32. The van der Waals surface area contributed by atoms with Crippen molar-refractivity contribution in [3.8, 4) is 5.69 Å². The van der Waals surface area contributed by atoms with Crippen molar-refractivity contribution in [1.29, 1.82) is 0 Å². The Morgan fingerprint density at radius 3 is 2.31 bits per heavy atom. The molecule has 4 N–H and O–H groups in total. The number of nitrogens with two attached hydrogens (primary N) is 1. The van der Waals surface area contributed by atoms with Gasteiger partial charge in [-0.3, -0.25) is 4.79 Å². The number of aromatic nitrogens is 2. The third kappa shape index (κ3) is 5.33. The number of alkyl halides is 3. The largest absolute Gasteiger partial charge is 0.420 e. The van der Waals surface area contributed by atoms with Gasteiger partial charge in [0.1, 0.15) is 11.5 Å². The van der Waals surface area contributed by atoms with Crippen LogP contribution in [0, 0.1) is 11.6 Å². The number of rotatable bonds is 9. The predicted molar refractivity (Wildman–Crippen MR) is 124 cm³/mol. The van der Waals surface area contributed by atoms with Crippen LogP contribution in [0.25, 0.3) is 11.4 Å². The summed E-state index contributed by atoms with van der Waals surface area (Å²) in [5.41, 5.74) is 1.95. The molecule has 12 heteroatoms. The molecule has 1 aromatic heterocycles. The number of nitrogen functional groups attached to an aromatic ring is 1. The van der Waals surface area contributed by atoms with E-state index >= 15 is 0 Å². The molecule has 1 atom stereocenters. The van der Waals surface area contributed by atoms with Crippen molar-refractivity contribution >= 4 is 17.4 Å². The van der Waals surface area contributed by atoms with Crippen molar-refractivity contribution in [2.45, 2.75) is 18.7 Å². The van der Waals surface area contributed by atoms with Crippen LogP contribution in [0.5, 0.6) is 0 Å². The third-order valence-corrected chi connectivity index (χ3v) is 5.54. The molecule has 0 radical (unpaired) electrons. The van der Waals surface area contributed by atoms with E-state index in [2.05, 4.69) is 17.0 Å². The van der Waals surface area contributed by atoms with Crippen molar-refractivity contribution < 1.29 is 31.9 Å². The summed E-state index contributed by atoms with van der Waals surface area (Å²) in [6.07, 6.45) is -4.06. The minimum Gasteiger partial charge on any atom is -0.383 e. The van der Waals surface area contributed by atoms with Crippen LogP contribution in [-0.4, -0.2) is 57.1 Å². The Labute approximate surface area is 203 Å². The number of halogens is 5. The molecule has 192 valence electrons. The SMILES string of the molecule is C=C(NCC(O)(CN(CC)C(=O)c1ccccc1)C(F)(F)F)c1cnn(-c2c(F)cccc2F)c1N. The van der Waals surface area contributed by atoms with Gasteiger partial charge in [0.05, 0.1) is 24.8 Å². The summed E-state index contributed by atoms with van der Waals surface area (Å²) >= 11 is 0. The van der Waals surface area contributed by atoms with Gasteiger partial charge in [-0.2, -0.15) is 18.3 Å². The van der Waals surface area contributed by atoms with E-state index in [-0.39, 0.29) is 29.2 Å². The molecule has 1 heterocycles. The number of hydrogen-bond donors (Lipinski definition) is 3. The van der Waals surface area contributed by atoms with E-state index in [4.69, 9.17) is 5.73 Å². The van der Waals surface area contributed by atoms with E-state index in [1.807, 2.05) is 0 Å². The monoisotopic (exact) mass is 509 g/mol. The van der Waals surface area contributed by atoms with E-state index in [9.17, 15) is 31.9 Å². The molecule has 36 heavy (non-hydrogen) atoms. The zero-order valence-electron chi connectivity index (χ0n) is 19.2. The van der Waals surface area contributed by atoms with Crippen molar-refractivity contribution in [1.82, 2.24) is 20.0 Å². The fourth-order valence-corrected chi connectivity index (χ4v) is 3.46. The van der Waals surface area contributed by atoms with Crippen LogP contribution in [0.15, 0.2) is 61.3 Å². The number of benzene rings is 2. The maximum Gasteiger partial charge on any atom is 0.420 e. The quantitative estimate of drug-likeness (QED) is 0.382. The Bertz CT molecular complexity index is 1230. The number of carbonyl (C=O) groups excluding carboxylic acids is 1.